The van der Waals surface area contributed by atoms with Crippen LogP contribution in [0.2, 0.25) is 0 Å². The topological polar surface area (TPSA) is 38.7 Å². The van der Waals surface area contributed by atoms with E-state index >= 15 is 0 Å². The zero-order valence-electron chi connectivity index (χ0n) is 13.0. The van der Waals surface area contributed by atoms with E-state index in [1.54, 1.807) is 13.2 Å². The van der Waals surface area contributed by atoms with Gasteiger partial charge in [-0.2, -0.15) is 0 Å². The maximum absolute atomic E-state index is 9.74. The summed E-state index contributed by atoms with van der Waals surface area (Å²) in [5, 5.41) is 9.74. The van der Waals surface area contributed by atoms with Crippen LogP contribution in [0.25, 0.3) is 6.08 Å². The Bertz CT molecular complexity index is 719. The van der Waals surface area contributed by atoms with Crippen molar-refractivity contribution in [3.05, 3.63) is 59.2 Å². The summed E-state index contributed by atoms with van der Waals surface area (Å²) in [4.78, 5) is 0. The van der Waals surface area contributed by atoms with E-state index in [4.69, 9.17) is 9.47 Å². The van der Waals surface area contributed by atoms with Crippen LogP contribution < -0.4 is 9.47 Å². The molecular formula is C19H20O3. The summed E-state index contributed by atoms with van der Waals surface area (Å²) in [7, 11) is 1.55. The van der Waals surface area contributed by atoms with Crippen molar-refractivity contribution in [1.82, 2.24) is 0 Å². The first-order chi connectivity index (χ1) is 10.6. The first-order valence-corrected chi connectivity index (χ1v) is 7.44. The van der Waals surface area contributed by atoms with Gasteiger partial charge in [-0.25, -0.2) is 0 Å². The summed E-state index contributed by atoms with van der Waals surface area (Å²) >= 11 is 0. The number of phenols is 1. The Hall–Kier alpha value is -2.42. The van der Waals surface area contributed by atoms with E-state index < -0.39 is 0 Å². The van der Waals surface area contributed by atoms with Gasteiger partial charge in [0.2, 0.25) is 0 Å². The molecule has 2 atom stereocenters. The molecule has 0 unspecified atom stereocenters. The molecule has 3 heteroatoms. The third-order valence-corrected chi connectivity index (χ3v) is 4.12. The number of allylic oxidation sites excluding steroid dienone is 1. The first-order valence-electron chi connectivity index (χ1n) is 7.44. The number of hydrogen-bond donors (Lipinski definition) is 1. The van der Waals surface area contributed by atoms with Crippen LogP contribution in [0.15, 0.2) is 42.5 Å². The normalized spacial score (nSPS) is 20.0. The molecule has 0 aliphatic carbocycles. The van der Waals surface area contributed by atoms with Crippen LogP contribution in [0.3, 0.4) is 0 Å². The highest BCUT2D eigenvalue weighted by molar-refractivity contribution is 5.56. The predicted octanol–water partition coefficient (Wildman–Crippen LogP) is 4.67. The number of methoxy groups -OCH3 is 1. The van der Waals surface area contributed by atoms with Crippen LogP contribution in [0.1, 0.15) is 42.6 Å². The highest BCUT2D eigenvalue weighted by Gasteiger charge is 2.32. The van der Waals surface area contributed by atoms with Gasteiger partial charge in [-0.05, 0) is 42.3 Å². The van der Waals surface area contributed by atoms with Crippen molar-refractivity contribution in [3.8, 4) is 17.2 Å². The molecule has 2 aromatic rings. The van der Waals surface area contributed by atoms with Gasteiger partial charge in [-0.3, -0.25) is 0 Å². The van der Waals surface area contributed by atoms with Crippen LogP contribution in [0.4, 0.5) is 0 Å². The van der Waals surface area contributed by atoms with Crippen molar-refractivity contribution in [1.29, 1.82) is 0 Å². The Morgan fingerprint density at radius 1 is 1.18 bits per heavy atom. The third kappa shape index (κ3) is 2.43. The van der Waals surface area contributed by atoms with Gasteiger partial charge in [0.15, 0.2) is 11.5 Å². The number of aromatic hydroxyl groups is 1. The number of phenolic OH excluding ortho intramolecular Hbond substituents is 1. The summed E-state index contributed by atoms with van der Waals surface area (Å²) < 4.78 is 11.3. The van der Waals surface area contributed by atoms with Crippen molar-refractivity contribution in [2.75, 3.05) is 7.11 Å². The Morgan fingerprint density at radius 2 is 2.00 bits per heavy atom. The summed E-state index contributed by atoms with van der Waals surface area (Å²) in [5.74, 6) is 1.79. The van der Waals surface area contributed by atoms with Gasteiger partial charge in [-0.15, -0.1) is 0 Å². The third-order valence-electron chi connectivity index (χ3n) is 4.12. The van der Waals surface area contributed by atoms with Gasteiger partial charge >= 0.3 is 0 Å². The maximum Gasteiger partial charge on any atom is 0.160 e. The Kier molecular flexibility index (Phi) is 3.80. The number of ether oxygens (including phenoxy) is 2. The van der Waals surface area contributed by atoms with Crippen LogP contribution in [0.5, 0.6) is 17.2 Å². The molecule has 1 aliphatic rings. The van der Waals surface area contributed by atoms with Crippen molar-refractivity contribution >= 4 is 6.08 Å². The molecule has 0 saturated carbocycles. The SMILES string of the molecule is CC=Cc1ccc2c(c1)[C@@H](C)[C@H](c1ccc(O)c(OC)c1)O2. The molecule has 22 heavy (non-hydrogen) atoms. The van der Waals surface area contributed by atoms with Crippen molar-refractivity contribution in [3.63, 3.8) is 0 Å². The summed E-state index contributed by atoms with van der Waals surface area (Å²) in [6.07, 6.45) is 4.05. The lowest BCUT2D eigenvalue weighted by Gasteiger charge is -2.17. The molecule has 114 valence electrons. The van der Waals surface area contributed by atoms with E-state index in [2.05, 4.69) is 25.1 Å². The average molecular weight is 296 g/mol. The predicted molar refractivity (Wildman–Crippen MR) is 87.6 cm³/mol. The Labute approximate surface area is 130 Å². The molecule has 0 fully saturated rings. The highest BCUT2D eigenvalue weighted by Crippen LogP contribution is 2.47. The number of rotatable bonds is 3. The van der Waals surface area contributed by atoms with Gasteiger partial charge < -0.3 is 14.6 Å². The second-order valence-electron chi connectivity index (χ2n) is 5.56. The smallest absolute Gasteiger partial charge is 0.160 e. The van der Waals surface area contributed by atoms with E-state index in [9.17, 15) is 5.11 Å². The van der Waals surface area contributed by atoms with Gasteiger partial charge in [-0.1, -0.05) is 31.2 Å². The van der Waals surface area contributed by atoms with Gasteiger partial charge in [0.25, 0.3) is 0 Å². The minimum absolute atomic E-state index is 0.0645. The van der Waals surface area contributed by atoms with E-state index in [0.29, 0.717) is 5.75 Å². The van der Waals surface area contributed by atoms with E-state index in [0.717, 1.165) is 11.3 Å². The maximum atomic E-state index is 9.74. The molecule has 1 aliphatic heterocycles. The fourth-order valence-electron chi connectivity index (χ4n) is 2.96. The van der Waals surface area contributed by atoms with E-state index in [1.807, 2.05) is 31.2 Å². The van der Waals surface area contributed by atoms with Crippen LogP contribution in [0, 0.1) is 0 Å². The lowest BCUT2D eigenvalue weighted by Crippen LogP contribution is -2.07. The molecule has 0 spiro atoms. The second-order valence-corrected chi connectivity index (χ2v) is 5.56. The second kappa shape index (κ2) is 5.76. The number of fused-ring (bicyclic) bond motifs is 1. The minimum atomic E-state index is -0.0645. The molecule has 0 bridgehead atoms. The lowest BCUT2D eigenvalue weighted by molar-refractivity contribution is 0.215. The molecule has 0 saturated heterocycles. The molecule has 3 nitrogen and oxygen atoms in total. The molecular weight excluding hydrogens is 276 g/mol. The van der Waals surface area contributed by atoms with Crippen LogP contribution in [-0.4, -0.2) is 12.2 Å². The van der Waals surface area contributed by atoms with E-state index in [1.165, 1.54) is 11.1 Å². The molecule has 0 amide bonds. The standard InChI is InChI=1S/C19H20O3/c1-4-5-13-6-9-17-15(10-13)12(2)19(22-17)14-7-8-16(20)18(11-14)21-3/h4-12,19-20H,1-3H3/t12-,19-/m1/s1. The largest absolute Gasteiger partial charge is 0.504 e. The fraction of sp³-hybridized carbons (Fsp3) is 0.263. The fourth-order valence-corrected chi connectivity index (χ4v) is 2.96. The van der Waals surface area contributed by atoms with Crippen molar-refractivity contribution in [2.24, 2.45) is 0 Å². The van der Waals surface area contributed by atoms with Gasteiger partial charge in [0, 0.05) is 11.5 Å². The molecule has 0 aromatic heterocycles. The summed E-state index contributed by atoms with van der Waals surface area (Å²) in [6, 6.07) is 11.6. The van der Waals surface area contributed by atoms with Crippen LogP contribution >= 0.6 is 0 Å². The highest BCUT2D eigenvalue weighted by atomic mass is 16.5. The molecule has 1 heterocycles. The first kappa shape index (κ1) is 14.5. The Balaban J connectivity index is 1.95. The molecule has 2 aromatic carbocycles. The van der Waals surface area contributed by atoms with Crippen molar-refractivity contribution < 1.29 is 14.6 Å². The average Bonchev–Trinajstić information content (AvgIpc) is 2.85. The monoisotopic (exact) mass is 296 g/mol. The van der Waals surface area contributed by atoms with Gasteiger partial charge in [0.05, 0.1) is 7.11 Å². The van der Waals surface area contributed by atoms with Gasteiger partial charge in [0.1, 0.15) is 11.9 Å². The number of hydrogen-bond acceptors (Lipinski definition) is 3. The minimum Gasteiger partial charge on any atom is -0.504 e. The summed E-state index contributed by atoms with van der Waals surface area (Å²) in [5.41, 5.74) is 3.40. The Morgan fingerprint density at radius 3 is 2.73 bits per heavy atom. The van der Waals surface area contributed by atoms with Crippen LogP contribution in [-0.2, 0) is 0 Å². The van der Waals surface area contributed by atoms with E-state index in [-0.39, 0.29) is 17.8 Å². The molecule has 3 rings (SSSR count). The van der Waals surface area contributed by atoms with Crippen molar-refractivity contribution in [2.45, 2.75) is 25.9 Å². The lowest BCUT2D eigenvalue weighted by atomic mass is 9.92. The zero-order valence-corrected chi connectivity index (χ0v) is 13.0. The number of benzene rings is 2. The molecule has 0 radical (unpaired) electrons. The summed E-state index contributed by atoms with van der Waals surface area (Å²) in [6.45, 7) is 4.17. The molecule has 1 N–H and O–H groups in total. The quantitative estimate of drug-likeness (QED) is 0.894. The zero-order chi connectivity index (χ0) is 15.7.